The summed E-state index contributed by atoms with van der Waals surface area (Å²) >= 11 is 6.44. The molecule has 1 unspecified atom stereocenters. The van der Waals surface area contributed by atoms with E-state index in [1.54, 1.807) is 12.4 Å². The summed E-state index contributed by atoms with van der Waals surface area (Å²) in [5.41, 5.74) is 8.06. The molecule has 1 fully saturated rings. The Balaban J connectivity index is 1.71. The summed E-state index contributed by atoms with van der Waals surface area (Å²) in [6.45, 7) is 7.80. The standard InChI is InChI=1S/C18H26ClN5O2/c1-18(2,3)23-17(25)26-10-11-5-4-6-24(9-11)15-12(19)7-21-16-14(15)13(20)8-22-16/h7-8,11H,4-6,9-10,20H2,1-3H3,(H,21,22)(H,23,25). The number of nitrogens with zero attached hydrogens (tertiary/aromatic N) is 2. The molecular weight excluding hydrogens is 354 g/mol. The molecule has 0 radical (unpaired) electrons. The summed E-state index contributed by atoms with van der Waals surface area (Å²) in [5, 5.41) is 4.25. The fourth-order valence-corrected chi connectivity index (χ4v) is 3.59. The van der Waals surface area contributed by atoms with Crippen molar-refractivity contribution in [2.75, 3.05) is 30.3 Å². The third kappa shape index (κ3) is 4.15. The zero-order chi connectivity index (χ0) is 18.9. The van der Waals surface area contributed by atoms with Crippen LogP contribution in [0.5, 0.6) is 0 Å². The van der Waals surface area contributed by atoms with E-state index < -0.39 is 0 Å². The Morgan fingerprint density at radius 3 is 3.04 bits per heavy atom. The summed E-state index contributed by atoms with van der Waals surface area (Å²) in [7, 11) is 0. The van der Waals surface area contributed by atoms with Crippen molar-refractivity contribution in [2.24, 2.45) is 5.92 Å². The van der Waals surface area contributed by atoms with Crippen molar-refractivity contribution >= 4 is 40.1 Å². The Hall–Kier alpha value is -2.15. The molecule has 142 valence electrons. The lowest BCUT2D eigenvalue weighted by Crippen LogP contribution is -2.43. The van der Waals surface area contributed by atoms with E-state index >= 15 is 0 Å². The van der Waals surface area contributed by atoms with Gasteiger partial charge < -0.3 is 25.7 Å². The number of aromatic nitrogens is 2. The molecule has 3 heterocycles. The number of pyridine rings is 1. The number of halogens is 1. The van der Waals surface area contributed by atoms with Crippen molar-refractivity contribution in [3.63, 3.8) is 0 Å². The SMILES string of the molecule is CC(C)(C)NC(=O)OCC1CCCN(c2c(Cl)cnc3[nH]cc(N)c23)C1. The van der Waals surface area contributed by atoms with Crippen LogP contribution in [0.3, 0.4) is 0 Å². The van der Waals surface area contributed by atoms with E-state index in [9.17, 15) is 4.79 Å². The number of ether oxygens (including phenoxy) is 1. The van der Waals surface area contributed by atoms with Crippen LogP contribution in [0.15, 0.2) is 12.4 Å². The first-order valence-electron chi connectivity index (χ1n) is 8.85. The van der Waals surface area contributed by atoms with Crippen LogP contribution in [0.2, 0.25) is 5.02 Å². The predicted octanol–water partition coefficient (Wildman–Crippen LogP) is 3.54. The van der Waals surface area contributed by atoms with Crippen molar-refractivity contribution in [2.45, 2.75) is 39.2 Å². The molecule has 0 aliphatic carbocycles. The number of hydrogen-bond acceptors (Lipinski definition) is 5. The van der Waals surface area contributed by atoms with E-state index in [2.05, 4.69) is 20.2 Å². The van der Waals surface area contributed by atoms with E-state index in [0.29, 0.717) is 17.3 Å². The third-order valence-corrected chi connectivity index (χ3v) is 4.70. The molecule has 1 atom stereocenters. The lowest BCUT2D eigenvalue weighted by Gasteiger charge is -2.35. The van der Waals surface area contributed by atoms with Crippen LogP contribution in [-0.4, -0.2) is 41.3 Å². The van der Waals surface area contributed by atoms with Crippen LogP contribution in [0, 0.1) is 5.92 Å². The van der Waals surface area contributed by atoms with Crippen LogP contribution in [0.4, 0.5) is 16.2 Å². The number of fused-ring (bicyclic) bond motifs is 1. The van der Waals surface area contributed by atoms with Gasteiger partial charge in [-0.3, -0.25) is 0 Å². The number of H-pyrrole nitrogens is 1. The van der Waals surface area contributed by atoms with E-state index in [0.717, 1.165) is 42.7 Å². The van der Waals surface area contributed by atoms with Crippen molar-refractivity contribution in [1.82, 2.24) is 15.3 Å². The first kappa shape index (κ1) is 18.6. The summed E-state index contributed by atoms with van der Waals surface area (Å²) in [6, 6.07) is 0. The van der Waals surface area contributed by atoms with Crippen LogP contribution in [0.1, 0.15) is 33.6 Å². The molecule has 0 bridgehead atoms. The molecule has 1 aliphatic heterocycles. The second-order valence-corrected chi connectivity index (χ2v) is 8.26. The molecule has 0 saturated carbocycles. The number of hydrogen-bond donors (Lipinski definition) is 3. The lowest BCUT2D eigenvalue weighted by molar-refractivity contribution is 0.115. The largest absolute Gasteiger partial charge is 0.449 e. The van der Waals surface area contributed by atoms with Crippen molar-refractivity contribution in [1.29, 1.82) is 0 Å². The van der Waals surface area contributed by atoms with Gasteiger partial charge in [0, 0.05) is 30.7 Å². The number of nitrogens with one attached hydrogen (secondary N) is 2. The van der Waals surface area contributed by atoms with Crippen LogP contribution < -0.4 is 16.0 Å². The Kier molecular flexibility index (Phi) is 5.18. The highest BCUT2D eigenvalue weighted by Crippen LogP contribution is 2.38. The van der Waals surface area contributed by atoms with Crippen LogP contribution in [0.25, 0.3) is 11.0 Å². The van der Waals surface area contributed by atoms with Gasteiger partial charge in [0.2, 0.25) is 0 Å². The Morgan fingerprint density at radius 1 is 1.54 bits per heavy atom. The first-order chi connectivity index (χ1) is 12.2. The molecule has 1 amide bonds. The maximum Gasteiger partial charge on any atom is 0.407 e. The number of nitrogen functional groups attached to an aromatic ring is 1. The molecule has 1 saturated heterocycles. The van der Waals surface area contributed by atoms with Gasteiger partial charge >= 0.3 is 6.09 Å². The highest BCUT2D eigenvalue weighted by atomic mass is 35.5. The first-order valence-corrected chi connectivity index (χ1v) is 9.23. The monoisotopic (exact) mass is 379 g/mol. The normalized spacial score (nSPS) is 18.2. The molecule has 2 aromatic heterocycles. The minimum Gasteiger partial charge on any atom is -0.449 e. The molecule has 7 nitrogen and oxygen atoms in total. The number of carbonyl (C=O) groups is 1. The number of piperidine rings is 1. The number of rotatable bonds is 3. The molecule has 2 aromatic rings. The Labute approximate surface area is 158 Å². The van der Waals surface area contributed by atoms with E-state index in [4.69, 9.17) is 22.1 Å². The van der Waals surface area contributed by atoms with Crippen LogP contribution in [-0.2, 0) is 4.74 Å². The third-order valence-electron chi connectivity index (χ3n) is 4.42. The Bertz CT molecular complexity index is 799. The van der Waals surface area contributed by atoms with Gasteiger partial charge in [-0.05, 0) is 33.6 Å². The van der Waals surface area contributed by atoms with Gasteiger partial charge in [0.15, 0.2) is 0 Å². The lowest BCUT2D eigenvalue weighted by atomic mass is 9.98. The van der Waals surface area contributed by atoms with Crippen molar-refractivity contribution in [3.05, 3.63) is 17.4 Å². The fraction of sp³-hybridized carbons (Fsp3) is 0.556. The number of nitrogens with two attached hydrogens (primary N) is 1. The zero-order valence-corrected chi connectivity index (χ0v) is 16.2. The molecule has 8 heteroatoms. The minimum absolute atomic E-state index is 0.244. The van der Waals surface area contributed by atoms with Gasteiger partial charge in [0.1, 0.15) is 5.65 Å². The molecule has 3 rings (SSSR count). The fourth-order valence-electron chi connectivity index (χ4n) is 3.33. The highest BCUT2D eigenvalue weighted by molar-refractivity contribution is 6.35. The summed E-state index contributed by atoms with van der Waals surface area (Å²) in [4.78, 5) is 21.5. The van der Waals surface area contributed by atoms with Gasteiger partial charge in [0.25, 0.3) is 0 Å². The van der Waals surface area contributed by atoms with Gasteiger partial charge in [-0.1, -0.05) is 11.6 Å². The smallest absolute Gasteiger partial charge is 0.407 e. The number of alkyl carbamates (subject to hydrolysis) is 1. The van der Waals surface area contributed by atoms with Crippen LogP contribution >= 0.6 is 11.6 Å². The van der Waals surface area contributed by atoms with Gasteiger partial charge in [-0.15, -0.1) is 0 Å². The molecule has 0 aromatic carbocycles. The van der Waals surface area contributed by atoms with E-state index in [-0.39, 0.29) is 17.6 Å². The molecule has 4 N–H and O–H groups in total. The maximum atomic E-state index is 11.9. The maximum absolute atomic E-state index is 11.9. The van der Waals surface area contributed by atoms with E-state index in [1.807, 2.05) is 20.8 Å². The molecule has 26 heavy (non-hydrogen) atoms. The molecule has 1 aliphatic rings. The second-order valence-electron chi connectivity index (χ2n) is 7.85. The molecular formula is C18H26ClN5O2. The summed E-state index contributed by atoms with van der Waals surface area (Å²) in [6.07, 6.45) is 5.01. The highest BCUT2D eigenvalue weighted by Gasteiger charge is 2.26. The zero-order valence-electron chi connectivity index (χ0n) is 15.4. The second kappa shape index (κ2) is 7.23. The average Bonchev–Trinajstić information content (AvgIpc) is 2.93. The molecule has 0 spiro atoms. The number of aromatic amines is 1. The van der Waals surface area contributed by atoms with Crippen molar-refractivity contribution in [3.8, 4) is 0 Å². The average molecular weight is 380 g/mol. The number of carbonyl (C=O) groups excluding carboxylic acids is 1. The van der Waals surface area contributed by atoms with Crippen molar-refractivity contribution < 1.29 is 9.53 Å². The number of amides is 1. The summed E-state index contributed by atoms with van der Waals surface area (Å²) in [5.74, 6) is 0.244. The quantitative estimate of drug-likeness (QED) is 0.757. The predicted molar refractivity (Wildman–Crippen MR) is 105 cm³/mol. The Morgan fingerprint density at radius 2 is 2.31 bits per heavy atom. The van der Waals surface area contributed by atoms with Gasteiger partial charge in [-0.25, -0.2) is 9.78 Å². The topological polar surface area (TPSA) is 96.3 Å². The van der Waals surface area contributed by atoms with E-state index in [1.165, 1.54) is 0 Å². The number of anilines is 2. The summed E-state index contributed by atoms with van der Waals surface area (Å²) < 4.78 is 5.42. The van der Waals surface area contributed by atoms with Gasteiger partial charge in [0.05, 0.1) is 34.6 Å². The van der Waals surface area contributed by atoms with Gasteiger partial charge in [-0.2, -0.15) is 0 Å². The minimum atomic E-state index is -0.381.